The number of carbonyl (C=O) groups is 1. The number of amides is 1. The quantitative estimate of drug-likeness (QED) is 0.521. The zero-order chi connectivity index (χ0) is 22.2. The fraction of sp³-hybridized carbons (Fsp3) is 0.348. The van der Waals surface area contributed by atoms with Crippen molar-refractivity contribution in [2.75, 3.05) is 19.8 Å². The van der Waals surface area contributed by atoms with Gasteiger partial charge < -0.3 is 24.1 Å². The summed E-state index contributed by atoms with van der Waals surface area (Å²) in [5.41, 5.74) is 2.37. The van der Waals surface area contributed by atoms with Crippen LogP contribution < -0.4 is 19.5 Å². The predicted octanol–water partition coefficient (Wildman–Crippen LogP) is 4.17. The van der Waals surface area contributed by atoms with Crippen molar-refractivity contribution in [2.24, 2.45) is 0 Å². The summed E-state index contributed by atoms with van der Waals surface area (Å²) in [4.78, 5) is 17.1. The first-order chi connectivity index (χ1) is 15.1. The van der Waals surface area contributed by atoms with Gasteiger partial charge in [-0.3, -0.25) is 9.78 Å². The van der Waals surface area contributed by atoms with Gasteiger partial charge in [0.2, 0.25) is 5.75 Å². The Kier molecular flexibility index (Phi) is 7.48. The maximum atomic E-state index is 13.0. The molecular formula is C23H27N3O5. The molecule has 1 amide bonds. The van der Waals surface area contributed by atoms with E-state index in [1.807, 2.05) is 39.0 Å². The van der Waals surface area contributed by atoms with Gasteiger partial charge in [-0.1, -0.05) is 5.16 Å². The fourth-order valence-electron chi connectivity index (χ4n) is 3.16. The Bertz CT molecular complexity index is 990. The maximum absolute atomic E-state index is 13.0. The molecule has 0 radical (unpaired) electrons. The van der Waals surface area contributed by atoms with Crippen LogP contribution >= 0.6 is 0 Å². The molecule has 0 bridgehead atoms. The summed E-state index contributed by atoms with van der Waals surface area (Å²) in [7, 11) is 0. The van der Waals surface area contributed by atoms with Crippen molar-refractivity contribution >= 4 is 5.91 Å². The molecule has 164 valence electrons. The molecule has 0 spiro atoms. The van der Waals surface area contributed by atoms with Crippen LogP contribution in [0.4, 0.5) is 0 Å². The van der Waals surface area contributed by atoms with Gasteiger partial charge in [0, 0.05) is 24.5 Å². The number of ether oxygens (including phenoxy) is 3. The topological polar surface area (TPSA) is 95.7 Å². The summed E-state index contributed by atoms with van der Waals surface area (Å²) in [6, 6.07) is 7.31. The minimum absolute atomic E-state index is 0.266. The van der Waals surface area contributed by atoms with Crippen LogP contribution in [0.2, 0.25) is 0 Å². The molecule has 8 nitrogen and oxygen atoms in total. The third-order valence-corrected chi connectivity index (χ3v) is 4.45. The average Bonchev–Trinajstić information content (AvgIpc) is 3.17. The first-order valence-electron chi connectivity index (χ1n) is 10.3. The highest BCUT2D eigenvalue weighted by Crippen LogP contribution is 2.39. The monoisotopic (exact) mass is 425 g/mol. The standard InChI is InChI=1S/C23H27N3O5/c1-5-28-18-11-16(12-19(29-6-2)22(18)30-7-3)13-25-23(27)20-15(4)31-26-21(20)17-9-8-10-24-14-17/h8-12,14H,5-7,13H2,1-4H3,(H,25,27). The van der Waals surface area contributed by atoms with Gasteiger partial charge in [0.1, 0.15) is 17.0 Å². The Labute approximate surface area is 181 Å². The first kappa shape index (κ1) is 22.1. The van der Waals surface area contributed by atoms with Crippen molar-refractivity contribution in [3.05, 3.63) is 53.5 Å². The van der Waals surface area contributed by atoms with Crippen LogP contribution in [0.1, 0.15) is 42.5 Å². The molecule has 1 N–H and O–H groups in total. The molecule has 0 saturated carbocycles. The second-order valence-corrected chi connectivity index (χ2v) is 6.61. The van der Waals surface area contributed by atoms with E-state index in [2.05, 4.69) is 15.5 Å². The van der Waals surface area contributed by atoms with Crippen LogP contribution in [0.5, 0.6) is 17.2 Å². The van der Waals surface area contributed by atoms with E-state index in [4.69, 9.17) is 18.7 Å². The Morgan fingerprint density at radius 3 is 2.32 bits per heavy atom. The first-order valence-corrected chi connectivity index (χ1v) is 10.3. The van der Waals surface area contributed by atoms with Crippen molar-refractivity contribution in [3.63, 3.8) is 0 Å². The van der Waals surface area contributed by atoms with Crippen molar-refractivity contribution < 1.29 is 23.5 Å². The van der Waals surface area contributed by atoms with Gasteiger partial charge in [-0.2, -0.15) is 0 Å². The molecule has 0 aliphatic rings. The number of nitrogens with zero attached hydrogens (tertiary/aromatic N) is 2. The Balaban J connectivity index is 1.84. The molecule has 2 aromatic heterocycles. The summed E-state index contributed by atoms with van der Waals surface area (Å²) in [6.45, 7) is 9.13. The van der Waals surface area contributed by atoms with E-state index >= 15 is 0 Å². The predicted molar refractivity (Wildman–Crippen MR) is 116 cm³/mol. The molecule has 0 aliphatic heterocycles. The largest absolute Gasteiger partial charge is 0.490 e. The van der Waals surface area contributed by atoms with Gasteiger partial charge in [0.05, 0.1) is 19.8 Å². The highest BCUT2D eigenvalue weighted by atomic mass is 16.5. The van der Waals surface area contributed by atoms with E-state index in [9.17, 15) is 4.79 Å². The number of benzene rings is 1. The Hall–Kier alpha value is -3.55. The van der Waals surface area contributed by atoms with Gasteiger partial charge in [0.25, 0.3) is 5.91 Å². The molecule has 0 saturated heterocycles. The third kappa shape index (κ3) is 5.14. The van der Waals surface area contributed by atoms with Crippen molar-refractivity contribution in [2.45, 2.75) is 34.2 Å². The van der Waals surface area contributed by atoms with Crippen LogP contribution in [0.25, 0.3) is 11.3 Å². The molecule has 31 heavy (non-hydrogen) atoms. The van der Waals surface area contributed by atoms with Crippen molar-refractivity contribution in [1.29, 1.82) is 0 Å². The average molecular weight is 425 g/mol. The van der Waals surface area contributed by atoms with E-state index in [-0.39, 0.29) is 12.5 Å². The second kappa shape index (κ2) is 10.5. The highest BCUT2D eigenvalue weighted by Gasteiger charge is 2.22. The van der Waals surface area contributed by atoms with Crippen LogP contribution in [0.15, 0.2) is 41.2 Å². The molecule has 0 fully saturated rings. The summed E-state index contributed by atoms with van der Waals surface area (Å²) < 4.78 is 22.5. The molecule has 1 aromatic carbocycles. The van der Waals surface area contributed by atoms with E-state index < -0.39 is 0 Å². The minimum Gasteiger partial charge on any atom is -0.490 e. The molecule has 0 unspecified atom stereocenters. The maximum Gasteiger partial charge on any atom is 0.257 e. The Morgan fingerprint density at radius 2 is 1.74 bits per heavy atom. The van der Waals surface area contributed by atoms with Gasteiger partial charge in [0.15, 0.2) is 11.5 Å². The van der Waals surface area contributed by atoms with Crippen LogP contribution in [0, 0.1) is 6.92 Å². The Morgan fingerprint density at radius 1 is 1.06 bits per heavy atom. The number of hydrogen-bond donors (Lipinski definition) is 1. The van der Waals surface area contributed by atoms with E-state index in [1.165, 1.54) is 0 Å². The minimum atomic E-state index is -0.289. The normalized spacial score (nSPS) is 10.6. The summed E-state index contributed by atoms with van der Waals surface area (Å²) in [5, 5.41) is 6.97. The number of hydrogen-bond acceptors (Lipinski definition) is 7. The number of nitrogens with one attached hydrogen (secondary N) is 1. The van der Waals surface area contributed by atoms with Crippen LogP contribution in [-0.2, 0) is 6.54 Å². The number of aryl methyl sites for hydroxylation is 1. The van der Waals surface area contributed by atoms with Crippen molar-refractivity contribution in [1.82, 2.24) is 15.5 Å². The lowest BCUT2D eigenvalue weighted by Crippen LogP contribution is -2.23. The number of carbonyl (C=O) groups excluding carboxylic acids is 1. The number of rotatable bonds is 10. The smallest absolute Gasteiger partial charge is 0.257 e. The van der Waals surface area contributed by atoms with Crippen molar-refractivity contribution in [3.8, 4) is 28.5 Å². The molecule has 0 atom stereocenters. The number of pyridine rings is 1. The van der Waals surface area contributed by atoms with Crippen LogP contribution in [0.3, 0.4) is 0 Å². The summed E-state index contributed by atoms with van der Waals surface area (Å²) in [5.74, 6) is 1.87. The molecule has 3 rings (SSSR count). The third-order valence-electron chi connectivity index (χ3n) is 4.45. The SMILES string of the molecule is CCOc1cc(CNC(=O)c2c(-c3cccnc3)noc2C)cc(OCC)c1OCC. The highest BCUT2D eigenvalue weighted by molar-refractivity contribution is 6.00. The summed E-state index contributed by atoms with van der Waals surface area (Å²) in [6.07, 6.45) is 3.30. The molecule has 8 heteroatoms. The van der Waals surface area contributed by atoms with E-state index in [1.54, 1.807) is 25.4 Å². The van der Waals surface area contributed by atoms with Gasteiger partial charge in [-0.25, -0.2) is 0 Å². The lowest BCUT2D eigenvalue weighted by atomic mass is 10.1. The molecular weight excluding hydrogens is 398 g/mol. The molecule has 2 heterocycles. The summed E-state index contributed by atoms with van der Waals surface area (Å²) >= 11 is 0. The van der Waals surface area contributed by atoms with Crippen LogP contribution in [-0.4, -0.2) is 35.9 Å². The lowest BCUT2D eigenvalue weighted by Gasteiger charge is -2.17. The zero-order valence-electron chi connectivity index (χ0n) is 18.2. The van der Waals surface area contributed by atoms with Gasteiger partial charge in [-0.05, 0) is 57.5 Å². The second-order valence-electron chi connectivity index (χ2n) is 6.61. The van der Waals surface area contributed by atoms with E-state index in [0.717, 1.165) is 5.56 Å². The number of aromatic nitrogens is 2. The zero-order valence-corrected chi connectivity index (χ0v) is 18.2. The fourth-order valence-corrected chi connectivity index (χ4v) is 3.16. The lowest BCUT2D eigenvalue weighted by molar-refractivity contribution is 0.0949. The molecule has 0 aliphatic carbocycles. The molecule has 3 aromatic rings. The van der Waals surface area contributed by atoms with Gasteiger partial charge >= 0.3 is 0 Å². The van der Waals surface area contributed by atoms with Gasteiger partial charge in [-0.15, -0.1) is 0 Å². The van der Waals surface area contributed by atoms with E-state index in [0.29, 0.717) is 59.7 Å².